The van der Waals surface area contributed by atoms with Crippen molar-refractivity contribution < 1.29 is 98.4 Å². The zero-order valence-electron chi connectivity index (χ0n) is 24.2. The third-order valence-electron chi connectivity index (χ3n) is 6.48. The van der Waals surface area contributed by atoms with E-state index >= 15 is 0 Å². The van der Waals surface area contributed by atoms with Crippen molar-refractivity contribution in [2.45, 2.75) is 49.1 Å². The molecule has 8 atom stereocenters. The van der Waals surface area contributed by atoms with Crippen molar-refractivity contribution in [1.82, 2.24) is 39.0 Å². The molecule has 6 heterocycles. The van der Waals surface area contributed by atoms with Crippen molar-refractivity contribution in [3.05, 3.63) is 53.3 Å². The fourth-order valence-corrected chi connectivity index (χ4v) is 4.48. The number of halogens is 2. The van der Waals surface area contributed by atoms with E-state index in [1.165, 1.54) is 21.8 Å². The average molecular weight is 822 g/mol. The Kier molecular flexibility index (Phi) is 20.8. The fourth-order valence-electron chi connectivity index (χ4n) is 4.48. The number of rotatable bonds is 4. The molecule has 4 aromatic rings. The van der Waals surface area contributed by atoms with Crippen molar-refractivity contribution in [1.29, 1.82) is 0 Å². The number of fused-ring (bicyclic) bond motifs is 2. The number of nitrogens with two attached hydrogens (primary N) is 2. The van der Waals surface area contributed by atoms with Crippen molar-refractivity contribution in [2.24, 2.45) is 0 Å². The van der Waals surface area contributed by atoms with Crippen LogP contribution in [0.4, 0.5) is 11.9 Å². The Morgan fingerprint density at radius 3 is 1.27 bits per heavy atom. The Labute approximate surface area is 298 Å². The predicted molar refractivity (Wildman–Crippen MR) is 143 cm³/mol. The molecule has 6 rings (SSSR count). The largest absolute Gasteiger partial charge is 2.00 e. The quantitative estimate of drug-likeness (QED) is 0.0519. The number of nitrogen functional groups attached to an aromatic ring is 2. The topological polar surface area (TPSA) is 379 Å². The number of nitrogens with one attached hydrogen (secondary N) is 2. The van der Waals surface area contributed by atoms with Crippen LogP contribution in [0.15, 0.2) is 22.2 Å². The molecule has 12 N–H and O–H groups in total. The maximum Gasteiger partial charge on any atom is 2.00 e. The second-order valence-electron chi connectivity index (χ2n) is 9.01. The fraction of sp³-hybridized carbons (Fsp3) is 0.435. The normalized spacial score (nSPS) is 24.7. The van der Waals surface area contributed by atoms with Crippen molar-refractivity contribution >= 4 is 34.2 Å². The van der Waals surface area contributed by atoms with Crippen LogP contribution in [0.3, 0.4) is 0 Å². The minimum Gasteiger partial charge on any atom is -1.00 e. The number of anilines is 2. The Morgan fingerprint density at radius 1 is 0.694 bits per heavy atom. The molecule has 26 heteroatoms. The first-order valence-electron chi connectivity index (χ1n) is 12.4. The molecular weight excluding hydrogens is 796 g/mol. The van der Waals surface area contributed by atoms with E-state index in [0.717, 1.165) is 0 Å². The summed E-state index contributed by atoms with van der Waals surface area (Å²) in [4.78, 5) is 43.5. The molecule has 2 aliphatic rings. The molecule has 2 saturated heterocycles. The monoisotopic (exact) mass is 822 g/mol. The van der Waals surface area contributed by atoms with Crippen molar-refractivity contribution in [3.63, 3.8) is 0 Å². The van der Waals surface area contributed by atoms with Gasteiger partial charge in [0.2, 0.25) is 11.9 Å². The van der Waals surface area contributed by atoms with Crippen LogP contribution in [0.2, 0.25) is 0 Å². The van der Waals surface area contributed by atoms with Crippen LogP contribution in [-0.4, -0.2) is 120 Å². The first-order valence-corrected chi connectivity index (χ1v) is 12.4. The molecule has 2 fully saturated rings. The van der Waals surface area contributed by atoms with Gasteiger partial charge in [-0.25, -0.2) is 9.97 Å². The third-order valence-corrected chi connectivity index (χ3v) is 6.48. The van der Waals surface area contributed by atoms with Crippen LogP contribution in [-0.2, 0) is 42.9 Å². The van der Waals surface area contributed by atoms with Gasteiger partial charge in [-0.1, -0.05) is 0 Å². The van der Waals surface area contributed by atoms with Crippen molar-refractivity contribution in [2.75, 3.05) is 24.7 Å². The first-order chi connectivity index (χ1) is 22.0. The summed E-state index contributed by atoms with van der Waals surface area (Å²) in [5.74, 6) is -0.202. The number of aromatic nitrogens is 8. The van der Waals surface area contributed by atoms with Gasteiger partial charge in [0, 0.05) is 0 Å². The second-order valence-corrected chi connectivity index (χ2v) is 9.01. The van der Waals surface area contributed by atoms with Crippen LogP contribution in [0.25, 0.3) is 22.3 Å². The van der Waals surface area contributed by atoms with E-state index in [1.54, 1.807) is 0 Å². The van der Waals surface area contributed by atoms with Gasteiger partial charge in [0.05, 0.1) is 25.9 Å². The van der Waals surface area contributed by atoms with E-state index in [-0.39, 0.29) is 78.5 Å². The number of aliphatic hydroxyl groups excluding tert-OH is 6. The number of H-pyrrole nitrogens is 2. The van der Waals surface area contributed by atoms with Crippen LogP contribution >= 0.6 is 0 Å². The summed E-state index contributed by atoms with van der Waals surface area (Å²) in [6.45, 7) is 12.6. The smallest absolute Gasteiger partial charge is 1.00 e. The first kappa shape index (κ1) is 47.5. The maximum absolute atomic E-state index is 11.7. The summed E-state index contributed by atoms with van der Waals surface area (Å²) >= 11 is 0. The van der Waals surface area contributed by atoms with Gasteiger partial charge in [0.1, 0.15) is 36.6 Å². The van der Waals surface area contributed by atoms with Gasteiger partial charge in [-0.2, -0.15) is 9.97 Å². The van der Waals surface area contributed by atoms with Crippen LogP contribution in [0.1, 0.15) is 12.5 Å². The molecule has 4 aromatic heterocycles. The number of nitrogens with zero attached hydrogens (tertiary/aromatic N) is 6. The molecule has 0 unspecified atom stereocenters. The van der Waals surface area contributed by atoms with E-state index in [0.29, 0.717) is 0 Å². The van der Waals surface area contributed by atoms with Crippen LogP contribution in [0.5, 0.6) is 0 Å². The van der Waals surface area contributed by atoms with Gasteiger partial charge in [0.15, 0.2) is 34.8 Å². The third kappa shape index (κ3) is 9.77. The number of aliphatic hydroxyl groups is 6. The van der Waals surface area contributed by atoms with Crippen LogP contribution < -0.4 is 47.4 Å². The molecule has 0 aliphatic carbocycles. The molecule has 0 radical (unpaired) electrons. The summed E-state index contributed by atoms with van der Waals surface area (Å²) in [6.07, 6.45) is -6.43. The minimum absolute atomic E-state index is 0. The zero-order chi connectivity index (χ0) is 34.9. The van der Waals surface area contributed by atoms with E-state index < -0.39 is 73.4 Å². The Hall–Kier alpha value is -3.60. The van der Waals surface area contributed by atoms with Crippen molar-refractivity contribution in [3.8, 4) is 0 Å². The second kappa shape index (κ2) is 21.5. The molecule has 268 valence electrons. The molecule has 2 aliphatic heterocycles. The van der Waals surface area contributed by atoms with E-state index in [9.17, 15) is 30.0 Å². The predicted octanol–water partition coefficient (Wildman–Crippen LogP) is -11.5. The molecule has 0 bridgehead atoms. The van der Waals surface area contributed by atoms with E-state index in [1.807, 2.05) is 0 Å². The summed E-state index contributed by atoms with van der Waals surface area (Å²) in [5.41, 5.74) is 10.2. The maximum atomic E-state index is 11.7. The number of hydrogen-bond acceptors (Lipinski definition) is 16. The number of ether oxygens (including phenoxy) is 2. The summed E-state index contributed by atoms with van der Waals surface area (Å²) in [7, 11) is 0. The molecule has 0 saturated carbocycles. The number of imidazole rings is 2. The average Bonchev–Trinajstić information content (AvgIpc) is 3.81. The summed E-state index contributed by atoms with van der Waals surface area (Å²) < 4.78 is 35.8. The molecule has 0 amide bonds. The number of aromatic amines is 2. The number of hydrogen-bond donors (Lipinski definition) is 10. The minimum atomic E-state index is -1.29. The van der Waals surface area contributed by atoms with Crippen LogP contribution in [0, 0.1) is 20.0 Å². The molecule has 0 spiro atoms. The zero-order valence-corrected chi connectivity index (χ0v) is 27.4. The van der Waals surface area contributed by atoms with E-state index in [4.69, 9.17) is 45.1 Å². The van der Waals surface area contributed by atoms with Gasteiger partial charge in [-0.3, -0.25) is 28.7 Å². The summed E-state index contributed by atoms with van der Waals surface area (Å²) in [6, 6.07) is 0. The Morgan fingerprint density at radius 2 is 1.00 bits per heavy atom. The molecule has 49 heavy (non-hydrogen) atoms. The van der Waals surface area contributed by atoms with Gasteiger partial charge < -0.3 is 76.4 Å². The Bertz CT molecular complexity index is 1660. The molecular formula is C23H26Cl2N10O13Ru. The SMILES string of the molecule is Nc1nc2c(ncn2[C@@H]2O[C@H](CO)[C@@H](O)[C@H]2O)c(=O)[nH]1.Nc1nc2c(ncn2[C@@H]2O[C@H](CO)[C@@H](O)[C@H]2O)c(=O)[nH]1.[C-]#[O+].[C-]#[O+].[C-]#[O+].[Cl-].[Cl-].[Ru+2]. The Balaban J connectivity index is 0. The van der Waals surface area contributed by atoms with Gasteiger partial charge in [0.25, 0.3) is 11.1 Å². The van der Waals surface area contributed by atoms with Gasteiger partial charge in [-0.15, -0.1) is 0 Å². The standard InChI is InChI=1S/2C10H13N5O5.3CO.2ClH.Ru/c2*11-10-13-7-4(8(19)14-10)12-2-15(7)9-6(18)5(17)3(1-16)20-9;3*1-2;;;/h2*2-3,5-6,9,16-18H,1H2,(H3,11,13,14,19);;;;2*1H;/q;;;;;;;+2/p-2/t2*3-,5-,6-,9-;;;;;;/m11....../s1. The summed E-state index contributed by atoms with van der Waals surface area (Å²) in [5, 5.41) is 57.5. The van der Waals surface area contributed by atoms with Gasteiger partial charge >= 0.3 is 53.4 Å². The van der Waals surface area contributed by atoms with E-state index in [2.05, 4.69) is 49.9 Å². The molecule has 0 aromatic carbocycles. The molecule has 23 nitrogen and oxygen atoms in total. The van der Waals surface area contributed by atoms with Gasteiger partial charge in [-0.05, 0) is 0 Å².